The van der Waals surface area contributed by atoms with E-state index < -0.39 is 99.6 Å². The zero-order valence-electron chi connectivity index (χ0n) is 27.9. The summed E-state index contributed by atoms with van der Waals surface area (Å²) in [6.45, 7) is 15.3. The van der Waals surface area contributed by atoms with Crippen LogP contribution in [-0.2, 0) is 52.4 Å². The normalized spacial score (nSPS) is 44.9. The summed E-state index contributed by atoms with van der Waals surface area (Å²) in [6, 6.07) is 1.72. The third-order valence-electron chi connectivity index (χ3n) is 12.2. The summed E-state index contributed by atoms with van der Waals surface area (Å²) >= 11 is 0. The van der Waals surface area contributed by atoms with Gasteiger partial charge in [-0.1, -0.05) is 34.6 Å². The second kappa shape index (κ2) is 10.3. The molecule has 0 N–H and O–H groups in total. The highest BCUT2D eigenvalue weighted by Crippen LogP contribution is 2.81. The van der Waals surface area contributed by atoms with Gasteiger partial charge in [-0.2, -0.15) is 0 Å². The molecule has 46 heavy (non-hydrogen) atoms. The molecule has 12 nitrogen and oxygen atoms in total. The van der Waals surface area contributed by atoms with Gasteiger partial charge in [0, 0.05) is 55.4 Å². The number of cyclic esters (lactones) is 1. The number of ether oxygens (including phenoxy) is 6. The molecular formula is C34H44O12. The Morgan fingerprint density at radius 2 is 1.41 bits per heavy atom. The molecule has 3 aliphatic carbocycles. The Labute approximate surface area is 268 Å². The number of esters is 5. The van der Waals surface area contributed by atoms with E-state index >= 15 is 0 Å². The number of fused-ring (bicyclic) bond motifs is 3. The number of hydrogen-bond donors (Lipinski definition) is 0. The number of rotatable bonds is 5. The lowest BCUT2D eigenvalue weighted by Crippen LogP contribution is -2.79. The van der Waals surface area contributed by atoms with Crippen molar-refractivity contribution in [3.63, 3.8) is 0 Å². The lowest BCUT2D eigenvalue weighted by molar-refractivity contribution is -0.321. The highest BCUT2D eigenvalue weighted by molar-refractivity contribution is 5.82. The van der Waals surface area contributed by atoms with Gasteiger partial charge < -0.3 is 32.8 Å². The van der Waals surface area contributed by atoms with Crippen molar-refractivity contribution in [1.82, 2.24) is 0 Å². The standard InChI is InChI=1S/C34H44O12/c1-16(35)41-21-14-31(7)26(20-10-11-40-15-20)45-29(39)28-34(31,46-28)33(9)24(43-18(3)37)12-23-30(5,6)13-22(42-17(2)36)27(44-19(4)38)32(23,8)25(21)33/h10-11,15,21-28H,12-14H2,1-9H3. The molecule has 0 amide bonds. The molecular weight excluding hydrogens is 600 g/mol. The molecule has 3 heterocycles. The highest BCUT2D eigenvalue weighted by Gasteiger charge is 2.91. The second-order valence-corrected chi connectivity index (χ2v) is 15.3. The first-order valence-electron chi connectivity index (χ1n) is 15.9. The molecule has 1 spiro atoms. The molecule has 2 aliphatic heterocycles. The summed E-state index contributed by atoms with van der Waals surface area (Å²) in [5, 5.41) is 0. The smallest absolute Gasteiger partial charge is 0.339 e. The summed E-state index contributed by atoms with van der Waals surface area (Å²) in [5.74, 6) is -3.66. The van der Waals surface area contributed by atoms with Crippen LogP contribution in [-0.4, -0.2) is 66.0 Å². The molecule has 5 fully saturated rings. The predicted octanol–water partition coefficient (Wildman–Crippen LogP) is 4.23. The first kappa shape index (κ1) is 32.5. The van der Waals surface area contributed by atoms with Crippen molar-refractivity contribution >= 4 is 29.8 Å². The van der Waals surface area contributed by atoms with Gasteiger partial charge in [0.25, 0.3) is 0 Å². The summed E-state index contributed by atoms with van der Waals surface area (Å²) in [4.78, 5) is 64.7. The fraction of sp³-hybridized carbons (Fsp3) is 0.735. The molecule has 252 valence electrons. The van der Waals surface area contributed by atoms with Crippen LogP contribution in [0.5, 0.6) is 0 Å². The van der Waals surface area contributed by atoms with Crippen molar-refractivity contribution < 1.29 is 56.8 Å². The maximum absolute atomic E-state index is 13.7. The van der Waals surface area contributed by atoms with Gasteiger partial charge in [0.2, 0.25) is 0 Å². The first-order valence-corrected chi connectivity index (χ1v) is 15.9. The minimum Gasteiger partial charge on any atom is -0.472 e. The summed E-state index contributed by atoms with van der Waals surface area (Å²) in [6.07, 6.45) is -1.33. The Morgan fingerprint density at radius 1 is 0.804 bits per heavy atom. The van der Waals surface area contributed by atoms with Gasteiger partial charge in [0.15, 0.2) is 6.10 Å². The minimum absolute atomic E-state index is 0.201. The van der Waals surface area contributed by atoms with Crippen LogP contribution in [0.25, 0.3) is 0 Å². The maximum Gasteiger partial charge on any atom is 0.339 e. The maximum atomic E-state index is 13.7. The van der Waals surface area contributed by atoms with E-state index in [1.807, 2.05) is 20.8 Å². The van der Waals surface area contributed by atoms with Gasteiger partial charge in [-0.25, -0.2) is 4.79 Å². The molecule has 5 aliphatic rings. The fourth-order valence-electron chi connectivity index (χ4n) is 11.1. The summed E-state index contributed by atoms with van der Waals surface area (Å²) in [5.41, 5.74) is -4.37. The van der Waals surface area contributed by atoms with Crippen molar-refractivity contribution in [1.29, 1.82) is 0 Å². The molecule has 0 bridgehead atoms. The molecule has 0 aromatic carbocycles. The third-order valence-corrected chi connectivity index (χ3v) is 12.2. The second-order valence-electron chi connectivity index (χ2n) is 15.3. The van der Waals surface area contributed by atoms with Crippen LogP contribution in [0.3, 0.4) is 0 Å². The van der Waals surface area contributed by atoms with Gasteiger partial charge >= 0.3 is 29.8 Å². The Hall–Kier alpha value is -3.41. The lowest BCUT2D eigenvalue weighted by Gasteiger charge is -2.72. The van der Waals surface area contributed by atoms with Gasteiger partial charge in [0.1, 0.15) is 36.1 Å². The largest absolute Gasteiger partial charge is 0.472 e. The number of carbonyl (C=O) groups excluding carboxylic acids is 5. The number of carbonyl (C=O) groups is 5. The minimum atomic E-state index is -1.24. The average molecular weight is 645 g/mol. The van der Waals surface area contributed by atoms with Crippen molar-refractivity contribution in [3.8, 4) is 0 Å². The first-order chi connectivity index (χ1) is 21.3. The van der Waals surface area contributed by atoms with Crippen molar-refractivity contribution in [2.75, 3.05) is 0 Å². The quantitative estimate of drug-likeness (QED) is 0.256. The molecule has 12 atom stereocenters. The highest BCUT2D eigenvalue weighted by atomic mass is 16.7. The van der Waals surface area contributed by atoms with Crippen molar-refractivity contribution in [3.05, 3.63) is 24.2 Å². The lowest BCUT2D eigenvalue weighted by atomic mass is 9.33. The molecule has 6 rings (SSSR count). The third kappa shape index (κ3) is 4.23. The Balaban J connectivity index is 1.64. The molecule has 1 aromatic heterocycles. The Bertz CT molecular complexity index is 1470. The van der Waals surface area contributed by atoms with E-state index in [4.69, 9.17) is 32.8 Å². The van der Waals surface area contributed by atoms with Crippen LogP contribution in [0.1, 0.15) is 93.2 Å². The zero-order chi connectivity index (χ0) is 33.8. The van der Waals surface area contributed by atoms with E-state index in [9.17, 15) is 24.0 Å². The van der Waals surface area contributed by atoms with Gasteiger partial charge in [-0.05, 0) is 36.7 Å². The van der Waals surface area contributed by atoms with E-state index in [1.54, 1.807) is 6.07 Å². The number of furan rings is 1. The van der Waals surface area contributed by atoms with Gasteiger partial charge in [-0.15, -0.1) is 0 Å². The fourth-order valence-corrected chi connectivity index (χ4v) is 11.1. The molecule has 12 heteroatoms. The van der Waals surface area contributed by atoms with Crippen molar-refractivity contribution in [2.45, 2.75) is 124 Å². The van der Waals surface area contributed by atoms with Crippen LogP contribution >= 0.6 is 0 Å². The van der Waals surface area contributed by atoms with Crippen LogP contribution in [0, 0.1) is 33.5 Å². The molecule has 2 saturated heterocycles. The zero-order valence-corrected chi connectivity index (χ0v) is 27.9. The topological polar surface area (TPSA) is 157 Å². The summed E-state index contributed by atoms with van der Waals surface area (Å²) < 4.78 is 42.6. The number of hydrogen-bond acceptors (Lipinski definition) is 12. The monoisotopic (exact) mass is 644 g/mol. The van der Waals surface area contributed by atoms with E-state index in [1.165, 1.54) is 40.2 Å². The number of epoxide rings is 1. The Morgan fingerprint density at radius 3 is 1.98 bits per heavy atom. The summed E-state index contributed by atoms with van der Waals surface area (Å²) in [7, 11) is 0. The molecule has 12 unspecified atom stereocenters. The molecule has 0 radical (unpaired) electrons. The van der Waals surface area contributed by atoms with E-state index in [0.29, 0.717) is 18.4 Å². The molecule has 3 saturated carbocycles. The van der Waals surface area contributed by atoms with Crippen LogP contribution in [0.15, 0.2) is 23.0 Å². The van der Waals surface area contributed by atoms with Gasteiger partial charge in [0.05, 0.1) is 12.5 Å². The van der Waals surface area contributed by atoms with Crippen LogP contribution < -0.4 is 0 Å². The van der Waals surface area contributed by atoms with Crippen LogP contribution in [0.2, 0.25) is 0 Å². The Kier molecular flexibility index (Phi) is 7.28. The van der Waals surface area contributed by atoms with Gasteiger partial charge in [-0.3, -0.25) is 19.2 Å². The SMILES string of the molecule is CC(=O)OC1CC(C)(C)C2CC(OC(C)=O)C3(C)C(C(OC(C)=O)CC4(C)C(c5ccoc5)OC(=O)C5OC543)C2(C)C1OC(C)=O. The van der Waals surface area contributed by atoms with E-state index in [-0.39, 0.29) is 12.3 Å². The van der Waals surface area contributed by atoms with Crippen LogP contribution in [0.4, 0.5) is 0 Å². The average Bonchev–Trinajstić information content (AvgIpc) is 3.49. The predicted molar refractivity (Wildman–Crippen MR) is 156 cm³/mol. The van der Waals surface area contributed by atoms with E-state index in [0.717, 1.165) is 0 Å². The molecule has 1 aromatic rings. The van der Waals surface area contributed by atoms with E-state index in [2.05, 4.69) is 13.8 Å². The van der Waals surface area contributed by atoms with Crippen molar-refractivity contribution in [2.24, 2.45) is 33.5 Å².